The van der Waals surface area contributed by atoms with Crippen molar-refractivity contribution in [3.05, 3.63) is 70.3 Å². The van der Waals surface area contributed by atoms with Gasteiger partial charge in [-0.05, 0) is 31.0 Å². The number of carbonyl (C=O) groups excluding carboxylic acids is 3. The number of hydrogen-bond acceptors (Lipinski definition) is 5. The van der Waals surface area contributed by atoms with Gasteiger partial charge in [0.25, 0.3) is 5.91 Å². The predicted octanol–water partition coefficient (Wildman–Crippen LogP) is 2.65. The fraction of sp³-hybridized carbons (Fsp3) is 0.250. The van der Waals surface area contributed by atoms with Crippen molar-refractivity contribution in [2.75, 3.05) is 6.61 Å². The van der Waals surface area contributed by atoms with E-state index in [1.165, 1.54) is 18.2 Å². The Labute approximate surface area is 150 Å². The fourth-order valence-electron chi connectivity index (χ4n) is 3.22. The number of benzene rings is 2. The third-order valence-corrected chi connectivity index (χ3v) is 4.61. The lowest BCUT2D eigenvalue weighted by Gasteiger charge is -2.22. The van der Waals surface area contributed by atoms with Crippen LogP contribution in [0.5, 0.6) is 0 Å². The Morgan fingerprint density at radius 1 is 0.962 bits per heavy atom. The Morgan fingerprint density at radius 3 is 2.35 bits per heavy atom. The van der Waals surface area contributed by atoms with Crippen LogP contribution in [0.25, 0.3) is 0 Å². The number of hydrogen-bond donors (Lipinski definition) is 1. The molecule has 132 valence electrons. The second kappa shape index (κ2) is 6.82. The molecular formula is C20H17NO5. The minimum absolute atomic E-state index is 0.214. The van der Waals surface area contributed by atoms with E-state index in [1.807, 2.05) is 0 Å². The van der Waals surface area contributed by atoms with Crippen LogP contribution in [0.3, 0.4) is 0 Å². The van der Waals surface area contributed by atoms with E-state index in [4.69, 9.17) is 9.57 Å². The van der Waals surface area contributed by atoms with Crippen molar-refractivity contribution in [3.63, 3.8) is 0 Å². The zero-order chi connectivity index (χ0) is 18.1. The fourth-order valence-corrected chi connectivity index (χ4v) is 3.22. The maximum Gasteiger partial charge on any atom is 0.274 e. The van der Waals surface area contributed by atoms with Gasteiger partial charge in [-0.1, -0.05) is 24.3 Å². The van der Waals surface area contributed by atoms with Crippen molar-refractivity contribution in [3.8, 4) is 0 Å². The lowest BCUT2D eigenvalue weighted by atomic mass is 9.83. The highest BCUT2D eigenvalue weighted by atomic mass is 16.8. The van der Waals surface area contributed by atoms with E-state index in [2.05, 4.69) is 5.48 Å². The van der Waals surface area contributed by atoms with Crippen molar-refractivity contribution in [1.29, 1.82) is 0 Å². The maximum absolute atomic E-state index is 12.7. The molecule has 1 unspecified atom stereocenters. The summed E-state index contributed by atoms with van der Waals surface area (Å²) in [5, 5.41) is 0. The lowest BCUT2D eigenvalue weighted by Crippen LogP contribution is -2.33. The summed E-state index contributed by atoms with van der Waals surface area (Å²) in [4.78, 5) is 42.9. The molecule has 26 heavy (non-hydrogen) atoms. The van der Waals surface area contributed by atoms with Gasteiger partial charge in [0, 0.05) is 40.8 Å². The average Bonchev–Trinajstić information content (AvgIpc) is 2.70. The van der Waals surface area contributed by atoms with Gasteiger partial charge in [0.1, 0.15) is 0 Å². The number of fused-ring (bicyclic) bond motifs is 2. The Morgan fingerprint density at radius 2 is 1.65 bits per heavy atom. The van der Waals surface area contributed by atoms with E-state index in [0.29, 0.717) is 29.7 Å². The summed E-state index contributed by atoms with van der Waals surface area (Å²) in [6.07, 6.45) is 2.22. The van der Waals surface area contributed by atoms with Gasteiger partial charge in [0.15, 0.2) is 17.9 Å². The molecule has 2 aromatic carbocycles. The van der Waals surface area contributed by atoms with Crippen LogP contribution < -0.4 is 5.48 Å². The molecule has 1 amide bonds. The van der Waals surface area contributed by atoms with E-state index in [0.717, 1.165) is 12.8 Å². The monoisotopic (exact) mass is 351 g/mol. The first-order chi connectivity index (χ1) is 12.6. The summed E-state index contributed by atoms with van der Waals surface area (Å²) in [6, 6.07) is 11.2. The molecule has 1 heterocycles. The zero-order valence-electron chi connectivity index (χ0n) is 14.0. The van der Waals surface area contributed by atoms with Crippen molar-refractivity contribution in [2.24, 2.45) is 0 Å². The first-order valence-corrected chi connectivity index (χ1v) is 8.55. The summed E-state index contributed by atoms with van der Waals surface area (Å²) in [5.41, 5.74) is 3.89. The molecule has 6 heteroatoms. The third-order valence-electron chi connectivity index (χ3n) is 4.61. The molecule has 0 aromatic heterocycles. The minimum Gasteiger partial charge on any atom is -0.350 e. The second-order valence-electron chi connectivity index (χ2n) is 6.31. The van der Waals surface area contributed by atoms with E-state index in [9.17, 15) is 14.4 Å². The van der Waals surface area contributed by atoms with Crippen molar-refractivity contribution >= 4 is 17.5 Å². The van der Waals surface area contributed by atoms with Gasteiger partial charge in [-0.3, -0.25) is 14.4 Å². The van der Waals surface area contributed by atoms with E-state index >= 15 is 0 Å². The van der Waals surface area contributed by atoms with Gasteiger partial charge in [-0.25, -0.2) is 10.3 Å². The van der Waals surface area contributed by atoms with Gasteiger partial charge in [-0.15, -0.1) is 0 Å². The molecule has 6 nitrogen and oxygen atoms in total. The van der Waals surface area contributed by atoms with Crippen molar-refractivity contribution in [1.82, 2.24) is 5.48 Å². The molecule has 1 aliphatic heterocycles. The van der Waals surface area contributed by atoms with Crippen molar-refractivity contribution in [2.45, 2.75) is 25.6 Å². The topological polar surface area (TPSA) is 81.7 Å². The largest absolute Gasteiger partial charge is 0.350 e. The Bertz CT molecular complexity index is 899. The van der Waals surface area contributed by atoms with E-state index < -0.39 is 12.2 Å². The molecule has 0 bridgehead atoms. The Balaban J connectivity index is 1.56. The third kappa shape index (κ3) is 2.94. The van der Waals surface area contributed by atoms with Crippen LogP contribution >= 0.6 is 0 Å². The molecule has 1 aliphatic carbocycles. The molecule has 0 spiro atoms. The summed E-state index contributed by atoms with van der Waals surface area (Å²) in [6.45, 7) is 0.607. The first kappa shape index (κ1) is 16.6. The number of nitrogens with one attached hydrogen (secondary N) is 1. The summed E-state index contributed by atoms with van der Waals surface area (Å²) < 4.78 is 5.39. The molecule has 2 aliphatic rings. The number of hydroxylamine groups is 1. The summed E-state index contributed by atoms with van der Waals surface area (Å²) >= 11 is 0. The standard InChI is InChI=1S/C20H17NO5/c22-18-13-5-1-2-6-14(13)19(23)16-11-12(8-9-15(16)18)20(24)21-26-17-7-3-4-10-25-17/h1-2,5-6,8-9,11,17H,3-4,7,10H2,(H,21,24). The van der Waals surface area contributed by atoms with Crippen LogP contribution in [-0.2, 0) is 9.57 Å². The van der Waals surface area contributed by atoms with E-state index in [1.54, 1.807) is 24.3 Å². The highest BCUT2D eigenvalue weighted by molar-refractivity contribution is 6.28. The molecule has 1 atom stereocenters. The average molecular weight is 351 g/mol. The molecule has 1 N–H and O–H groups in total. The van der Waals surface area contributed by atoms with E-state index in [-0.39, 0.29) is 22.7 Å². The number of rotatable bonds is 3. The quantitative estimate of drug-likeness (QED) is 0.734. The van der Waals surface area contributed by atoms with Gasteiger partial charge in [0.05, 0.1) is 0 Å². The Hall–Kier alpha value is -2.83. The maximum atomic E-state index is 12.7. The van der Waals surface area contributed by atoms with Gasteiger partial charge < -0.3 is 4.74 Å². The Kier molecular flexibility index (Phi) is 4.36. The molecule has 2 aromatic rings. The zero-order valence-corrected chi connectivity index (χ0v) is 14.0. The normalized spacial score (nSPS) is 18.8. The summed E-state index contributed by atoms with van der Waals surface area (Å²) in [5.74, 6) is -0.962. The molecule has 0 radical (unpaired) electrons. The lowest BCUT2D eigenvalue weighted by molar-refractivity contribution is -0.186. The van der Waals surface area contributed by atoms with Gasteiger partial charge >= 0.3 is 0 Å². The number of amides is 1. The van der Waals surface area contributed by atoms with Crippen LogP contribution in [0.15, 0.2) is 42.5 Å². The molecule has 0 saturated carbocycles. The second-order valence-corrected chi connectivity index (χ2v) is 6.31. The predicted molar refractivity (Wildman–Crippen MR) is 91.9 cm³/mol. The van der Waals surface area contributed by atoms with Gasteiger partial charge in [0.2, 0.25) is 0 Å². The minimum atomic E-state index is -0.485. The van der Waals surface area contributed by atoms with Gasteiger partial charge in [-0.2, -0.15) is 0 Å². The molecule has 1 fully saturated rings. The van der Waals surface area contributed by atoms with Crippen LogP contribution in [0.4, 0.5) is 0 Å². The summed E-state index contributed by atoms with van der Waals surface area (Å²) in [7, 11) is 0. The van der Waals surface area contributed by atoms with Crippen LogP contribution in [0, 0.1) is 0 Å². The number of carbonyl (C=O) groups is 3. The number of ketones is 2. The first-order valence-electron chi connectivity index (χ1n) is 8.55. The molecular weight excluding hydrogens is 334 g/mol. The van der Waals surface area contributed by atoms with Crippen LogP contribution in [-0.4, -0.2) is 30.4 Å². The van der Waals surface area contributed by atoms with Crippen LogP contribution in [0.1, 0.15) is 61.5 Å². The number of ether oxygens (including phenoxy) is 1. The SMILES string of the molecule is O=C(NOC1CCCCO1)c1ccc2c(c1)C(=O)c1ccccc1C2=O. The molecule has 4 rings (SSSR count). The smallest absolute Gasteiger partial charge is 0.274 e. The van der Waals surface area contributed by atoms with Crippen LogP contribution in [0.2, 0.25) is 0 Å². The highest BCUT2D eigenvalue weighted by Crippen LogP contribution is 2.27. The van der Waals surface area contributed by atoms with Crippen molar-refractivity contribution < 1.29 is 24.0 Å². The molecule has 1 saturated heterocycles. The highest BCUT2D eigenvalue weighted by Gasteiger charge is 2.30.